The van der Waals surface area contributed by atoms with E-state index in [0.717, 1.165) is 56.0 Å². The van der Waals surface area contributed by atoms with Crippen molar-refractivity contribution >= 4 is 22.9 Å². The third-order valence-corrected chi connectivity index (χ3v) is 7.73. The van der Waals surface area contributed by atoms with Crippen LogP contribution in [0, 0.1) is 0 Å². The maximum Gasteiger partial charge on any atom is 0.226 e. The third kappa shape index (κ3) is 7.66. The van der Waals surface area contributed by atoms with E-state index in [0.29, 0.717) is 37.2 Å². The smallest absolute Gasteiger partial charge is 0.226 e. The Hall–Kier alpha value is -3.65. The molecule has 0 spiro atoms. The van der Waals surface area contributed by atoms with Crippen molar-refractivity contribution in [2.75, 3.05) is 63.2 Å². The molecule has 4 aromatic rings. The van der Waals surface area contributed by atoms with Gasteiger partial charge in [-0.1, -0.05) is 60.7 Å². The predicted molar refractivity (Wildman–Crippen MR) is 162 cm³/mol. The zero-order valence-corrected chi connectivity index (χ0v) is 24.1. The van der Waals surface area contributed by atoms with Gasteiger partial charge in [0.05, 0.1) is 39.4 Å². The van der Waals surface area contributed by atoms with Crippen molar-refractivity contribution < 1.29 is 24.1 Å². The van der Waals surface area contributed by atoms with E-state index in [1.807, 2.05) is 60.7 Å². The molecule has 2 aromatic heterocycles. The lowest BCUT2D eigenvalue weighted by molar-refractivity contribution is -0.0829. The molecule has 0 unspecified atom stereocenters. The first-order valence-electron chi connectivity index (χ1n) is 14.8. The van der Waals surface area contributed by atoms with Crippen LogP contribution in [0.15, 0.2) is 67.0 Å². The summed E-state index contributed by atoms with van der Waals surface area (Å²) in [4.78, 5) is 19.2. The van der Waals surface area contributed by atoms with Crippen molar-refractivity contribution in [1.29, 1.82) is 0 Å². The van der Waals surface area contributed by atoms with E-state index < -0.39 is 24.4 Å². The molecule has 0 aliphatic carbocycles. The average molecular weight is 590 g/mol. The summed E-state index contributed by atoms with van der Waals surface area (Å²) < 4.78 is 24.5. The number of aliphatic hydroxyl groups excluding tert-OH is 1. The Balaban J connectivity index is 1.14. The van der Waals surface area contributed by atoms with Crippen LogP contribution in [-0.4, -0.2) is 107 Å². The van der Waals surface area contributed by atoms with Crippen molar-refractivity contribution in [3.63, 3.8) is 0 Å². The highest BCUT2D eigenvalue weighted by Crippen LogP contribution is 2.29. The number of rotatable bonds is 14. The number of nitrogens with one attached hydrogen (secondary N) is 3. The SMILES string of the molecule is OC[C@H]1O[C@@H](CNc2nc(NCCN3CCOCC3)c3[nH]cnc3n2)[C@@H](OCc2ccccc2)[C@@H]1OCc1ccccc1. The summed E-state index contributed by atoms with van der Waals surface area (Å²) in [5.74, 6) is 1.10. The van der Waals surface area contributed by atoms with Gasteiger partial charge in [0, 0.05) is 32.7 Å². The average Bonchev–Trinajstić information content (AvgIpc) is 3.67. The zero-order valence-electron chi connectivity index (χ0n) is 24.1. The van der Waals surface area contributed by atoms with Crippen LogP contribution in [0.25, 0.3) is 11.2 Å². The lowest BCUT2D eigenvalue weighted by Gasteiger charge is -2.26. The molecule has 0 saturated carbocycles. The summed E-state index contributed by atoms with van der Waals surface area (Å²) in [7, 11) is 0. The molecule has 0 amide bonds. The molecule has 2 saturated heterocycles. The van der Waals surface area contributed by atoms with Crippen molar-refractivity contribution in [2.45, 2.75) is 37.6 Å². The summed E-state index contributed by atoms with van der Waals surface area (Å²) in [6.07, 6.45) is -0.243. The molecule has 4 atom stereocenters. The maximum atomic E-state index is 10.2. The number of nitrogens with zero attached hydrogens (tertiary/aromatic N) is 4. The second-order valence-corrected chi connectivity index (χ2v) is 10.7. The Morgan fingerprint density at radius 1 is 0.884 bits per heavy atom. The molecule has 2 aliphatic heterocycles. The third-order valence-electron chi connectivity index (χ3n) is 7.73. The number of anilines is 2. The number of aromatic amines is 1. The van der Waals surface area contributed by atoms with Gasteiger partial charge in [-0.05, 0) is 11.1 Å². The number of fused-ring (bicyclic) bond motifs is 1. The highest BCUT2D eigenvalue weighted by Gasteiger charge is 2.46. The molecule has 0 radical (unpaired) electrons. The lowest BCUT2D eigenvalue weighted by Crippen LogP contribution is -2.40. The molecule has 4 N–H and O–H groups in total. The number of ether oxygens (including phenoxy) is 4. The number of aliphatic hydroxyl groups is 1. The molecule has 0 bridgehead atoms. The standard InChI is InChI=1S/C31H39N7O5/c39-18-25-28(42-20-23-9-5-2-6-10-23)27(41-19-22-7-3-1-4-8-22)24(43-25)17-33-31-36-29(26-30(37-31)35-21-34-26)32-11-12-38-13-15-40-16-14-38/h1-10,21,24-25,27-28,39H,11-20H2,(H3,32,33,34,35,36,37)/t24-,25+,27+,28+/m0/s1. The monoisotopic (exact) mass is 589 g/mol. The summed E-state index contributed by atoms with van der Waals surface area (Å²) in [6.45, 7) is 5.94. The molecule has 6 rings (SSSR count). The Kier molecular flexibility index (Phi) is 10.1. The molecular formula is C31H39N7O5. The van der Waals surface area contributed by atoms with Gasteiger partial charge in [-0.25, -0.2) is 4.98 Å². The summed E-state index contributed by atoms with van der Waals surface area (Å²) in [5.41, 5.74) is 3.40. The van der Waals surface area contributed by atoms with Crippen LogP contribution < -0.4 is 10.6 Å². The number of aromatic nitrogens is 4. The van der Waals surface area contributed by atoms with Crippen LogP contribution in [0.2, 0.25) is 0 Å². The van der Waals surface area contributed by atoms with Gasteiger partial charge >= 0.3 is 0 Å². The van der Waals surface area contributed by atoms with Crippen molar-refractivity contribution in [3.8, 4) is 0 Å². The van der Waals surface area contributed by atoms with Crippen LogP contribution in [0.1, 0.15) is 11.1 Å². The van der Waals surface area contributed by atoms with E-state index in [-0.39, 0.29) is 6.61 Å². The molecular weight excluding hydrogens is 550 g/mol. The second kappa shape index (κ2) is 14.7. The minimum atomic E-state index is -0.538. The van der Waals surface area contributed by atoms with Crippen LogP contribution in [0.3, 0.4) is 0 Å². The molecule has 12 heteroatoms. The fourth-order valence-electron chi connectivity index (χ4n) is 5.44. The number of H-pyrrole nitrogens is 1. The largest absolute Gasteiger partial charge is 0.394 e. The van der Waals surface area contributed by atoms with Gasteiger partial charge in [-0.15, -0.1) is 0 Å². The fourth-order valence-corrected chi connectivity index (χ4v) is 5.44. The number of benzene rings is 2. The maximum absolute atomic E-state index is 10.2. The van der Waals surface area contributed by atoms with E-state index >= 15 is 0 Å². The van der Waals surface area contributed by atoms with Crippen LogP contribution in [0.4, 0.5) is 11.8 Å². The fraction of sp³-hybridized carbons (Fsp3) is 0.452. The van der Waals surface area contributed by atoms with Crippen LogP contribution >= 0.6 is 0 Å². The highest BCUT2D eigenvalue weighted by atomic mass is 16.6. The summed E-state index contributed by atoms with van der Waals surface area (Å²) in [6, 6.07) is 19.9. The van der Waals surface area contributed by atoms with Gasteiger partial charge < -0.3 is 39.7 Å². The first-order valence-corrected chi connectivity index (χ1v) is 14.8. The minimum Gasteiger partial charge on any atom is -0.394 e. The molecule has 43 heavy (non-hydrogen) atoms. The normalized spacial score (nSPS) is 22.6. The van der Waals surface area contributed by atoms with E-state index in [9.17, 15) is 5.11 Å². The molecule has 2 fully saturated rings. The Labute approximate surface area is 250 Å². The van der Waals surface area contributed by atoms with Gasteiger partial charge in [0.1, 0.15) is 29.9 Å². The lowest BCUT2D eigenvalue weighted by atomic mass is 10.1. The van der Waals surface area contributed by atoms with E-state index in [1.54, 1.807) is 6.33 Å². The topological polar surface area (TPSA) is 139 Å². The Morgan fingerprint density at radius 3 is 2.23 bits per heavy atom. The predicted octanol–water partition coefficient (Wildman–Crippen LogP) is 2.44. The molecule has 228 valence electrons. The first-order chi connectivity index (χ1) is 21.3. The summed E-state index contributed by atoms with van der Waals surface area (Å²) >= 11 is 0. The van der Waals surface area contributed by atoms with Crippen LogP contribution in [-0.2, 0) is 32.2 Å². The summed E-state index contributed by atoms with van der Waals surface area (Å²) in [5, 5.41) is 17.0. The highest BCUT2D eigenvalue weighted by molar-refractivity contribution is 5.83. The van der Waals surface area contributed by atoms with Gasteiger partial charge in [0.15, 0.2) is 11.5 Å². The number of imidazole rings is 1. The van der Waals surface area contributed by atoms with Crippen molar-refractivity contribution in [3.05, 3.63) is 78.1 Å². The molecule has 2 aromatic carbocycles. The quantitative estimate of drug-likeness (QED) is 0.173. The molecule has 2 aliphatic rings. The number of hydrogen-bond donors (Lipinski definition) is 4. The van der Waals surface area contributed by atoms with Crippen LogP contribution in [0.5, 0.6) is 0 Å². The minimum absolute atomic E-state index is 0.186. The zero-order chi connectivity index (χ0) is 29.3. The first kappa shape index (κ1) is 29.4. The number of morpholine rings is 1. The molecule has 4 heterocycles. The van der Waals surface area contributed by atoms with Crippen molar-refractivity contribution in [1.82, 2.24) is 24.8 Å². The second-order valence-electron chi connectivity index (χ2n) is 10.7. The van der Waals surface area contributed by atoms with Gasteiger partial charge in [0.2, 0.25) is 5.95 Å². The van der Waals surface area contributed by atoms with Gasteiger partial charge in [-0.3, -0.25) is 4.90 Å². The Morgan fingerprint density at radius 2 is 1.56 bits per heavy atom. The van der Waals surface area contributed by atoms with E-state index in [4.69, 9.17) is 23.9 Å². The van der Waals surface area contributed by atoms with Gasteiger partial charge in [-0.2, -0.15) is 9.97 Å². The number of hydrogen-bond acceptors (Lipinski definition) is 11. The Bertz CT molecular complexity index is 1400. The van der Waals surface area contributed by atoms with Crippen molar-refractivity contribution in [2.24, 2.45) is 0 Å². The van der Waals surface area contributed by atoms with E-state index in [1.165, 1.54) is 0 Å². The van der Waals surface area contributed by atoms with Gasteiger partial charge in [0.25, 0.3) is 0 Å². The van der Waals surface area contributed by atoms with E-state index in [2.05, 4.69) is 30.5 Å². The molecule has 12 nitrogen and oxygen atoms in total.